The maximum Gasteiger partial charge on any atom is 0.243 e. The molecule has 0 aromatic carbocycles. The number of aromatic nitrogens is 3. The molecule has 0 spiro atoms. The normalized spacial score (nSPS) is 12.9. The first-order valence-corrected chi connectivity index (χ1v) is 5.46. The molecule has 17 heavy (non-hydrogen) atoms. The van der Waals surface area contributed by atoms with Crippen molar-refractivity contribution in [1.29, 1.82) is 0 Å². The van der Waals surface area contributed by atoms with Crippen molar-refractivity contribution in [1.82, 2.24) is 14.7 Å². The molecule has 2 heterocycles. The Morgan fingerprint density at radius 3 is 3.06 bits per heavy atom. The number of rotatable bonds is 5. The Morgan fingerprint density at radius 2 is 2.41 bits per heavy atom. The molecule has 2 rings (SSSR count). The van der Waals surface area contributed by atoms with Gasteiger partial charge in [-0.2, -0.15) is 4.98 Å². The van der Waals surface area contributed by atoms with E-state index in [4.69, 9.17) is 15.0 Å². The average Bonchev–Trinajstić information content (AvgIpc) is 2.94. The van der Waals surface area contributed by atoms with Crippen LogP contribution in [0.4, 0.5) is 0 Å². The summed E-state index contributed by atoms with van der Waals surface area (Å²) < 4.78 is 12.1. The number of methoxy groups -OCH3 is 1. The van der Waals surface area contributed by atoms with E-state index in [1.165, 1.54) is 0 Å². The second kappa shape index (κ2) is 5.11. The van der Waals surface area contributed by atoms with Gasteiger partial charge in [-0.15, -0.1) is 0 Å². The molecule has 6 heteroatoms. The summed E-state index contributed by atoms with van der Waals surface area (Å²) in [5.41, 5.74) is 6.58. The average molecular weight is 236 g/mol. The van der Waals surface area contributed by atoms with Gasteiger partial charge in [-0.1, -0.05) is 5.16 Å². The maximum absolute atomic E-state index is 5.68. The Hall–Kier alpha value is -1.66. The van der Waals surface area contributed by atoms with Gasteiger partial charge >= 0.3 is 0 Å². The minimum Gasteiger partial charge on any atom is -0.383 e. The van der Waals surface area contributed by atoms with Crippen LogP contribution >= 0.6 is 0 Å². The highest BCUT2D eigenvalue weighted by atomic mass is 16.5. The molecule has 0 saturated heterocycles. The van der Waals surface area contributed by atoms with E-state index in [0.29, 0.717) is 18.3 Å². The van der Waals surface area contributed by atoms with Crippen LogP contribution < -0.4 is 5.73 Å². The molecular weight excluding hydrogens is 220 g/mol. The standard InChI is InChI=1S/C11H16N4O2/c1-8(12)11-13-10(14-17-11)9-4-3-5-15(9)6-7-16-2/h3-5,8H,6-7,12H2,1-2H3/t8-/m0/s1. The molecular formula is C11H16N4O2. The third-order valence-electron chi connectivity index (χ3n) is 2.43. The highest BCUT2D eigenvalue weighted by Gasteiger charge is 2.14. The van der Waals surface area contributed by atoms with E-state index < -0.39 is 0 Å². The van der Waals surface area contributed by atoms with Gasteiger partial charge in [0.05, 0.1) is 18.3 Å². The van der Waals surface area contributed by atoms with Crippen LogP contribution in [-0.2, 0) is 11.3 Å². The predicted molar refractivity (Wildman–Crippen MR) is 62.2 cm³/mol. The van der Waals surface area contributed by atoms with E-state index in [0.717, 1.165) is 12.2 Å². The zero-order valence-electron chi connectivity index (χ0n) is 9.96. The summed E-state index contributed by atoms with van der Waals surface area (Å²) in [5.74, 6) is 0.998. The smallest absolute Gasteiger partial charge is 0.243 e. The van der Waals surface area contributed by atoms with Gasteiger partial charge in [-0.3, -0.25) is 0 Å². The lowest BCUT2D eigenvalue weighted by Crippen LogP contribution is -2.06. The summed E-state index contributed by atoms with van der Waals surface area (Å²) in [6, 6.07) is 3.62. The fourth-order valence-corrected chi connectivity index (χ4v) is 1.53. The molecule has 1 atom stereocenters. The van der Waals surface area contributed by atoms with Crippen LogP contribution in [-0.4, -0.2) is 28.4 Å². The number of ether oxygens (including phenoxy) is 1. The van der Waals surface area contributed by atoms with Crippen LogP contribution in [0.25, 0.3) is 11.5 Å². The van der Waals surface area contributed by atoms with Crippen molar-refractivity contribution in [3.05, 3.63) is 24.2 Å². The lowest BCUT2D eigenvalue weighted by atomic mass is 10.3. The highest BCUT2D eigenvalue weighted by Crippen LogP contribution is 2.18. The van der Waals surface area contributed by atoms with Crippen LogP contribution in [0.1, 0.15) is 18.9 Å². The molecule has 6 nitrogen and oxygen atoms in total. The first-order chi connectivity index (χ1) is 8.22. The number of hydrogen-bond donors (Lipinski definition) is 1. The summed E-state index contributed by atoms with van der Waals surface area (Å²) >= 11 is 0. The summed E-state index contributed by atoms with van der Waals surface area (Å²) in [7, 11) is 1.67. The van der Waals surface area contributed by atoms with Crippen LogP contribution in [0.3, 0.4) is 0 Å². The molecule has 0 radical (unpaired) electrons. The maximum atomic E-state index is 5.68. The fourth-order valence-electron chi connectivity index (χ4n) is 1.53. The largest absolute Gasteiger partial charge is 0.383 e. The molecule has 2 aromatic rings. The molecule has 0 saturated carbocycles. The Kier molecular flexibility index (Phi) is 3.55. The van der Waals surface area contributed by atoms with E-state index in [-0.39, 0.29) is 6.04 Å². The van der Waals surface area contributed by atoms with E-state index >= 15 is 0 Å². The molecule has 0 amide bonds. The Balaban J connectivity index is 2.23. The zero-order chi connectivity index (χ0) is 12.3. The van der Waals surface area contributed by atoms with Gasteiger partial charge in [0.2, 0.25) is 11.7 Å². The number of nitrogens with zero attached hydrogens (tertiary/aromatic N) is 3. The summed E-state index contributed by atoms with van der Waals surface area (Å²) in [4.78, 5) is 4.26. The topological polar surface area (TPSA) is 79.1 Å². The van der Waals surface area contributed by atoms with E-state index in [9.17, 15) is 0 Å². The Bertz CT molecular complexity index is 475. The third-order valence-corrected chi connectivity index (χ3v) is 2.43. The van der Waals surface area contributed by atoms with Gasteiger partial charge in [0.15, 0.2) is 0 Å². The van der Waals surface area contributed by atoms with Crippen molar-refractivity contribution in [2.75, 3.05) is 13.7 Å². The van der Waals surface area contributed by atoms with E-state index in [1.54, 1.807) is 14.0 Å². The van der Waals surface area contributed by atoms with Crippen LogP contribution in [0, 0.1) is 0 Å². The van der Waals surface area contributed by atoms with Crippen LogP contribution in [0.5, 0.6) is 0 Å². The quantitative estimate of drug-likeness (QED) is 0.844. The number of hydrogen-bond acceptors (Lipinski definition) is 5. The molecule has 0 unspecified atom stereocenters. The van der Waals surface area contributed by atoms with Gasteiger partial charge in [0.25, 0.3) is 0 Å². The second-order valence-corrected chi connectivity index (χ2v) is 3.82. The van der Waals surface area contributed by atoms with Crippen molar-refractivity contribution in [3.8, 4) is 11.5 Å². The molecule has 92 valence electrons. The minimum absolute atomic E-state index is 0.251. The van der Waals surface area contributed by atoms with E-state index in [1.807, 2.05) is 22.9 Å². The van der Waals surface area contributed by atoms with Crippen molar-refractivity contribution in [3.63, 3.8) is 0 Å². The molecule has 0 aliphatic rings. The number of nitrogens with two attached hydrogens (primary N) is 1. The first-order valence-electron chi connectivity index (χ1n) is 5.46. The molecule has 0 aliphatic heterocycles. The van der Waals surface area contributed by atoms with Crippen molar-refractivity contribution < 1.29 is 9.26 Å². The lowest BCUT2D eigenvalue weighted by Gasteiger charge is -2.04. The van der Waals surface area contributed by atoms with E-state index in [2.05, 4.69) is 10.1 Å². The summed E-state index contributed by atoms with van der Waals surface area (Å²) in [6.07, 6.45) is 1.95. The van der Waals surface area contributed by atoms with Crippen LogP contribution in [0.15, 0.2) is 22.9 Å². The van der Waals surface area contributed by atoms with Gasteiger partial charge in [-0.05, 0) is 19.1 Å². The molecule has 0 fully saturated rings. The Morgan fingerprint density at radius 1 is 1.59 bits per heavy atom. The fraction of sp³-hybridized carbons (Fsp3) is 0.455. The SMILES string of the molecule is COCCn1cccc1-c1noc([C@H](C)N)n1. The molecule has 2 N–H and O–H groups in total. The van der Waals surface area contributed by atoms with Gasteiger partial charge < -0.3 is 19.6 Å². The van der Waals surface area contributed by atoms with Crippen molar-refractivity contribution in [2.45, 2.75) is 19.5 Å². The van der Waals surface area contributed by atoms with Gasteiger partial charge in [-0.25, -0.2) is 0 Å². The lowest BCUT2D eigenvalue weighted by molar-refractivity contribution is 0.187. The monoisotopic (exact) mass is 236 g/mol. The molecule has 0 aliphatic carbocycles. The van der Waals surface area contributed by atoms with Crippen molar-refractivity contribution in [2.24, 2.45) is 5.73 Å². The third kappa shape index (κ3) is 2.54. The van der Waals surface area contributed by atoms with Crippen molar-refractivity contribution >= 4 is 0 Å². The minimum atomic E-state index is -0.251. The second-order valence-electron chi connectivity index (χ2n) is 3.82. The summed E-state index contributed by atoms with van der Waals surface area (Å²) in [6.45, 7) is 3.20. The predicted octanol–water partition coefficient (Wildman–Crippen LogP) is 1.20. The first kappa shape index (κ1) is 11.8. The molecule has 2 aromatic heterocycles. The highest BCUT2D eigenvalue weighted by molar-refractivity contribution is 5.49. The zero-order valence-corrected chi connectivity index (χ0v) is 9.96. The van der Waals surface area contributed by atoms with Gasteiger partial charge in [0, 0.05) is 19.9 Å². The Labute approximate surface area is 99.4 Å². The van der Waals surface area contributed by atoms with Crippen LogP contribution in [0.2, 0.25) is 0 Å². The van der Waals surface area contributed by atoms with Gasteiger partial charge in [0.1, 0.15) is 0 Å². The summed E-state index contributed by atoms with van der Waals surface area (Å²) in [5, 5.41) is 3.92. The molecule has 0 bridgehead atoms.